The number of carbonyl (C=O) groups is 2. The lowest BCUT2D eigenvalue weighted by atomic mass is 10.1. The topological polar surface area (TPSA) is 106 Å². The molecule has 0 saturated carbocycles. The number of pyridine rings is 1. The van der Waals surface area contributed by atoms with Gasteiger partial charge >= 0.3 is 5.97 Å². The summed E-state index contributed by atoms with van der Waals surface area (Å²) in [5.74, 6) is -0.680. The van der Waals surface area contributed by atoms with Gasteiger partial charge in [0, 0.05) is 19.3 Å². The summed E-state index contributed by atoms with van der Waals surface area (Å²) in [6.45, 7) is 3.82. The molecule has 28 heavy (non-hydrogen) atoms. The number of fused-ring (bicyclic) bond motifs is 1. The third kappa shape index (κ3) is 4.28. The first-order chi connectivity index (χ1) is 13.3. The second-order valence-electron chi connectivity index (χ2n) is 6.55. The Balaban J connectivity index is 1.63. The minimum atomic E-state index is -1.02. The number of aromatic nitrogens is 3. The molecule has 1 amide bonds. The molecule has 146 valence electrons. The van der Waals surface area contributed by atoms with Crippen molar-refractivity contribution < 1.29 is 19.4 Å². The Labute approximate surface area is 162 Å². The van der Waals surface area contributed by atoms with Gasteiger partial charge in [-0.05, 0) is 44.0 Å². The Hall–Kier alpha value is -3.42. The molecule has 0 saturated heterocycles. The number of carboxylic acids is 1. The first-order valence-electron chi connectivity index (χ1n) is 8.88. The minimum Gasteiger partial charge on any atom is -0.482 e. The van der Waals surface area contributed by atoms with Crippen molar-refractivity contribution in [2.75, 3.05) is 13.2 Å². The van der Waals surface area contributed by atoms with E-state index in [1.54, 1.807) is 22.9 Å². The number of carboxylic acid groups (broad SMARTS) is 1. The Morgan fingerprint density at radius 2 is 1.93 bits per heavy atom. The minimum absolute atomic E-state index is 0.159. The summed E-state index contributed by atoms with van der Waals surface area (Å²) in [7, 11) is 1.81. The van der Waals surface area contributed by atoms with Crippen LogP contribution in [0.2, 0.25) is 0 Å². The zero-order chi connectivity index (χ0) is 20.3. The van der Waals surface area contributed by atoms with Crippen LogP contribution in [-0.2, 0) is 18.3 Å². The van der Waals surface area contributed by atoms with Crippen molar-refractivity contribution in [2.24, 2.45) is 7.05 Å². The van der Waals surface area contributed by atoms with Gasteiger partial charge in [0.15, 0.2) is 12.3 Å². The molecule has 0 aliphatic heterocycles. The fraction of sp³-hybridized carbons (Fsp3) is 0.300. The van der Waals surface area contributed by atoms with E-state index in [-0.39, 0.29) is 12.5 Å². The van der Waals surface area contributed by atoms with Gasteiger partial charge in [-0.2, -0.15) is 5.10 Å². The van der Waals surface area contributed by atoms with Crippen LogP contribution >= 0.6 is 0 Å². The van der Waals surface area contributed by atoms with Gasteiger partial charge in [-0.1, -0.05) is 12.1 Å². The Kier molecular flexibility index (Phi) is 5.58. The molecule has 0 fully saturated rings. The van der Waals surface area contributed by atoms with Gasteiger partial charge in [-0.25, -0.2) is 9.78 Å². The standard InChI is InChI=1S/C20H22N4O4/c1-12-10-16(18-13(2)23-24(3)19(18)22-12)20(27)21-9-8-14-4-6-15(7-5-14)28-11-17(25)26/h4-7,10H,8-9,11H2,1-3H3,(H,21,27)(H,25,26). The maximum atomic E-state index is 12.7. The van der Waals surface area contributed by atoms with Crippen LogP contribution in [0.3, 0.4) is 0 Å². The number of carbonyl (C=O) groups excluding carboxylic acids is 1. The second kappa shape index (κ2) is 8.08. The van der Waals surface area contributed by atoms with Crippen LogP contribution in [-0.4, -0.2) is 44.9 Å². The summed E-state index contributed by atoms with van der Waals surface area (Å²) < 4.78 is 6.79. The number of rotatable bonds is 7. The third-order valence-electron chi connectivity index (χ3n) is 4.33. The Bertz CT molecular complexity index is 1020. The number of hydrogen-bond acceptors (Lipinski definition) is 5. The molecule has 0 spiro atoms. The van der Waals surface area contributed by atoms with Crippen molar-refractivity contribution in [3.05, 3.63) is 52.8 Å². The number of benzene rings is 1. The van der Waals surface area contributed by atoms with E-state index < -0.39 is 5.97 Å². The van der Waals surface area contributed by atoms with Crippen LogP contribution in [0.4, 0.5) is 0 Å². The lowest BCUT2D eigenvalue weighted by molar-refractivity contribution is -0.139. The fourth-order valence-electron chi connectivity index (χ4n) is 3.06. The zero-order valence-corrected chi connectivity index (χ0v) is 16.0. The Morgan fingerprint density at radius 3 is 2.61 bits per heavy atom. The predicted molar refractivity (Wildman–Crippen MR) is 104 cm³/mol. The quantitative estimate of drug-likeness (QED) is 0.648. The highest BCUT2D eigenvalue weighted by Crippen LogP contribution is 2.21. The van der Waals surface area contributed by atoms with Gasteiger partial charge in [-0.3, -0.25) is 9.48 Å². The molecule has 0 radical (unpaired) electrons. The van der Waals surface area contributed by atoms with E-state index >= 15 is 0 Å². The summed E-state index contributed by atoms with van der Waals surface area (Å²) in [5, 5.41) is 16.7. The van der Waals surface area contributed by atoms with Gasteiger partial charge in [0.05, 0.1) is 16.6 Å². The number of aliphatic carboxylic acids is 1. The Morgan fingerprint density at radius 1 is 1.21 bits per heavy atom. The molecule has 8 heteroatoms. The maximum Gasteiger partial charge on any atom is 0.341 e. The van der Waals surface area contributed by atoms with Crippen molar-refractivity contribution in [1.29, 1.82) is 0 Å². The number of ether oxygens (including phenoxy) is 1. The van der Waals surface area contributed by atoms with E-state index in [1.165, 1.54) is 0 Å². The highest BCUT2D eigenvalue weighted by molar-refractivity contribution is 6.06. The molecule has 2 heterocycles. The van der Waals surface area contributed by atoms with E-state index in [9.17, 15) is 9.59 Å². The summed E-state index contributed by atoms with van der Waals surface area (Å²) in [6, 6.07) is 8.91. The fourth-order valence-corrected chi connectivity index (χ4v) is 3.06. The molecule has 8 nitrogen and oxygen atoms in total. The third-order valence-corrected chi connectivity index (χ3v) is 4.33. The summed E-state index contributed by atoms with van der Waals surface area (Å²) in [4.78, 5) is 27.7. The van der Waals surface area contributed by atoms with Crippen molar-refractivity contribution in [3.63, 3.8) is 0 Å². The van der Waals surface area contributed by atoms with Crippen LogP contribution in [0.25, 0.3) is 11.0 Å². The summed E-state index contributed by atoms with van der Waals surface area (Å²) in [5.41, 5.74) is 3.81. The molecular formula is C20H22N4O4. The first-order valence-corrected chi connectivity index (χ1v) is 8.88. The van der Waals surface area contributed by atoms with Gasteiger partial charge in [0.25, 0.3) is 5.91 Å². The molecular weight excluding hydrogens is 360 g/mol. The molecule has 0 bridgehead atoms. The molecule has 0 unspecified atom stereocenters. The van der Waals surface area contributed by atoms with Gasteiger partial charge in [0.2, 0.25) is 0 Å². The summed E-state index contributed by atoms with van der Waals surface area (Å²) >= 11 is 0. The number of hydrogen-bond donors (Lipinski definition) is 2. The normalized spacial score (nSPS) is 10.8. The van der Waals surface area contributed by atoms with E-state index in [4.69, 9.17) is 9.84 Å². The SMILES string of the molecule is Cc1cc(C(=O)NCCc2ccc(OCC(=O)O)cc2)c2c(C)nn(C)c2n1. The average Bonchev–Trinajstić information content (AvgIpc) is 2.94. The van der Waals surface area contributed by atoms with Crippen LogP contribution in [0.5, 0.6) is 5.75 Å². The van der Waals surface area contributed by atoms with Crippen LogP contribution in [0, 0.1) is 13.8 Å². The highest BCUT2D eigenvalue weighted by atomic mass is 16.5. The van der Waals surface area contributed by atoms with Crippen LogP contribution in [0.1, 0.15) is 27.3 Å². The maximum absolute atomic E-state index is 12.7. The molecule has 3 aromatic rings. The second-order valence-corrected chi connectivity index (χ2v) is 6.55. The van der Waals surface area contributed by atoms with Crippen molar-refractivity contribution in [1.82, 2.24) is 20.1 Å². The molecule has 1 aromatic carbocycles. The predicted octanol–water partition coefficient (Wildman–Crippen LogP) is 2.02. The van der Waals surface area contributed by atoms with Gasteiger partial charge < -0.3 is 15.2 Å². The number of nitrogens with one attached hydrogen (secondary N) is 1. The van der Waals surface area contributed by atoms with Crippen molar-refractivity contribution >= 4 is 22.9 Å². The first kappa shape index (κ1) is 19.3. The molecule has 0 atom stereocenters. The number of aryl methyl sites for hydroxylation is 3. The highest BCUT2D eigenvalue weighted by Gasteiger charge is 2.17. The van der Waals surface area contributed by atoms with Gasteiger partial charge in [0.1, 0.15) is 5.75 Å². The smallest absolute Gasteiger partial charge is 0.341 e. The van der Waals surface area contributed by atoms with Crippen molar-refractivity contribution in [2.45, 2.75) is 20.3 Å². The molecule has 0 aliphatic rings. The van der Waals surface area contributed by atoms with E-state index in [1.807, 2.05) is 33.0 Å². The van der Waals surface area contributed by atoms with Gasteiger partial charge in [-0.15, -0.1) is 0 Å². The lowest BCUT2D eigenvalue weighted by Gasteiger charge is -2.09. The average molecular weight is 382 g/mol. The monoisotopic (exact) mass is 382 g/mol. The molecule has 3 rings (SSSR count). The van der Waals surface area contributed by atoms with Crippen LogP contribution in [0.15, 0.2) is 30.3 Å². The van der Waals surface area contributed by atoms with E-state index in [0.29, 0.717) is 29.9 Å². The number of amides is 1. The zero-order valence-electron chi connectivity index (χ0n) is 16.0. The molecule has 0 aliphatic carbocycles. The van der Waals surface area contributed by atoms with E-state index in [0.717, 1.165) is 22.3 Å². The summed E-state index contributed by atoms with van der Waals surface area (Å²) in [6.07, 6.45) is 0.643. The molecule has 2 N–H and O–H groups in total. The van der Waals surface area contributed by atoms with E-state index in [2.05, 4.69) is 15.4 Å². The van der Waals surface area contributed by atoms with Crippen molar-refractivity contribution in [3.8, 4) is 5.75 Å². The molecule has 2 aromatic heterocycles. The number of nitrogens with zero attached hydrogens (tertiary/aromatic N) is 3. The lowest BCUT2D eigenvalue weighted by Crippen LogP contribution is -2.26. The largest absolute Gasteiger partial charge is 0.482 e. The van der Waals surface area contributed by atoms with Crippen LogP contribution < -0.4 is 10.1 Å².